The molecule has 0 aliphatic carbocycles. The second-order valence-corrected chi connectivity index (χ2v) is 5.41. The summed E-state index contributed by atoms with van der Waals surface area (Å²) in [6.07, 6.45) is -0.431. The van der Waals surface area contributed by atoms with E-state index in [4.69, 9.17) is 14.4 Å². The third kappa shape index (κ3) is 5.16. The second-order valence-electron chi connectivity index (χ2n) is 4.63. The van der Waals surface area contributed by atoms with Gasteiger partial charge in [0, 0.05) is 12.6 Å². The summed E-state index contributed by atoms with van der Waals surface area (Å²) in [6, 6.07) is 3.36. The van der Waals surface area contributed by atoms with Gasteiger partial charge in [0.25, 0.3) is 0 Å². The summed E-state index contributed by atoms with van der Waals surface area (Å²) in [5.74, 6) is -0.952. The van der Waals surface area contributed by atoms with Gasteiger partial charge in [-0.25, -0.2) is 0 Å². The number of ether oxygens (including phenoxy) is 1. The van der Waals surface area contributed by atoms with Crippen LogP contribution in [0.1, 0.15) is 17.4 Å². The van der Waals surface area contributed by atoms with Gasteiger partial charge in [-0.05, 0) is 29.3 Å². The molecule has 23 heavy (non-hydrogen) atoms. The van der Waals surface area contributed by atoms with Crippen LogP contribution in [0.15, 0.2) is 27.4 Å². The molecular weight excluding hydrogens is 322 g/mol. The number of hydrogen-bond acceptors (Lipinski definition) is 7. The number of aryl methyl sites for hydroxylation is 1. The highest BCUT2D eigenvalue weighted by Crippen LogP contribution is 2.19. The maximum Gasteiger partial charge on any atom is 0.314 e. The lowest BCUT2D eigenvalue weighted by Gasteiger charge is -2.17. The van der Waals surface area contributed by atoms with Gasteiger partial charge in [0.05, 0.1) is 13.2 Å². The van der Waals surface area contributed by atoms with Crippen molar-refractivity contribution in [1.29, 1.82) is 0 Å². The van der Waals surface area contributed by atoms with Crippen LogP contribution in [0, 0.1) is 6.92 Å². The van der Waals surface area contributed by atoms with E-state index in [0.717, 1.165) is 5.56 Å². The summed E-state index contributed by atoms with van der Waals surface area (Å²) >= 11 is 1.49. The van der Waals surface area contributed by atoms with Gasteiger partial charge in [-0.2, -0.15) is 11.3 Å². The van der Waals surface area contributed by atoms with Crippen molar-refractivity contribution in [2.75, 3.05) is 25.1 Å². The first-order valence-corrected chi connectivity index (χ1v) is 7.81. The van der Waals surface area contributed by atoms with Gasteiger partial charge in [-0.15, -0.1) is 0 Å². The summed E-state index contributed by atoms with van der Waals surface area (Å²) in [5, 5.41) is 21.0. The van der Waals surface area contributed by atoms with Crippen LogP contribution in [-0.2, 0) is 14.3 Å². The fourth-order valence-electron chi connectivity index (χ4n) is 1.79. The van der Waals surface area contributed by atoms with Crippen molar-refractivity contribution >= 4 is 29.0 Å². The van der Waals surface area contributed by atoms with Crippen molar-refractivity contribution in [1.82, 2.24) is 10.5 Å². The Labute approximate surface area is 136 Å². The molecule has 2 heterocycles. The van der Waals surface area contributed by atoms with Crippen LogP contribution in [-0.4, -0.2) is 41.8 Å². The summed E-state index contributed by atoms with van der Waals surface area (Å²) in [4.78, 5) is 23.6. The predicted octanol–water partition coefficient (Wildman–Crippen LogP) is 0.849. The highest BCUT2D eigenvalue weighted by molar-refractivity contribution is 7.07. The molecule has 124 valence electrons. The third-order valence-electron chi connectivity index (χ3n) is 2.85. The van der Waals surface area contributed by atoms with E-state index in [1.54, 1.807) is 6.92 Å². The van der Waals surface area contributed by atoms with Crippen molar-refractivity contribution in [3.05, 3.63) is 34.2 Å². The van der Waals surface area contributed by atoms with E-state index in [0.29, 0.717) is 5.76 Å². The number of amides is 2. The zero-order valence-corrected chi connectivity index (χ0v) is 13.3. The Kier molecular flexibility index (Phi) is 6.27. The van der Waals surface area contributed by atoms with Crippen molar-refractivity contribution in [2.24, 2.45) is 0 Å². The molecule has 2 aromatic rings. The van der Waals surface area contributed by atoms with Crippen molar-refractivity contribution < 1.29 is 24.0 Å². The number of aromatic nitrogens is 1. The Morgan fingerprint density at radius 2 is 2.30 bits per heavy atom. The molecule has 0 aliphatic rings. The molecule has 0 unspecified atom stereocenters. The lowest BCUT2D eigenvalue weighted by atomic mass is 10.2. The molecule has 0 aromatic carbocycles. The topological polar surface area (TPSA) is 114 Å². The molecule has 0 bridgehead atoms. The van der Waals surface area contributed by atoms with Gasteiger partial charge >= 0.3 is 11.8 Å². The van der Waals surface area contributed by atoms with Gasteiger partial charge in [0.15, 0.2) is 5.82 Å². The van der Waals surface area contributed by atoms with Gasteiger partial charge in [0.2, 0.25) is 0 Å². The van der Waals surface area contributed by atoms with Crippen LogP contribution < -0.4 is 10.6 Å². The number of rotatable bonds is 7. The van der Waals surface area contributed by atoms with Gasteiger partial charge in [-0.1, -0.05) is 5.16 Å². The summed E-state index contributed by atoms with van der Waals surface area (Å²) < 4.78 is 10.3. The number of carbonyl (C=O) groups excluding carboxylic acids is 2. The highest BCUT2D eigenvalue weighted by atomic mass is 32.1. The maximum atomic E-state index is 11.8. The molecule has 0 saturated heterocycles. The average Bonchev–Trinajstić information content (AvgIpc) is 3.19. The molecule has 0 aliphatic heterocycles. The molecule has 2 rings (SSSR count). The third-order valence-corrected chi connectivity index (χ3v) is 3.55. The minimum Gasteiger partial charge on any atom is -0.394 e. The Hall–Kier alpha value is -2.23. The minimum atomic E-state index is -0.843. The van der Waals surface area contributed by atoms with Crippen LogP contribution in [0.5, 0.6) is 0 Å². The van der Waals surface area contributed by atoms with E-state index in [1.807, 2.05) is 16.8 Å². The number of anilines is 1. The van der Waals surface area contributed by atoms with E-state index < -0.39 is 17.9 Å². The minimum absolute atomic E-state index is 0.112. The van der Waals surface area contributed by atoms with E-state index in [9.17, 15) is 9.59 Å². The summed E-state index contributed by atoms with van der Waals surface area (Å²) in [7, 11) is 0. The average molecular weight is 339 g/mol. The first-order chi connectivity index (χ1) is 11.1. The zero-order chi connectivity index (χ0) is 16.7. The molecule has 3 N–H and O–H groups in total. The van der Waals surface area contributed by atoms with Crippen LogP contribution in [0.25, 0.3) is 0 Å². The van der Waals surface area contributed by atoms with Crippen molar-refractivity contribution in [3.63, 3.8) is 0 Å². The molecule has 0 saturated carbocycles. The standard InChI is InChI=1S/C14H17N3O5S/c1-9-6-12(17-22-9)16-14(20)13(19)15-7-11(21-4-3-18)10-2-5-23-8-10/h2,5-6,8,11,18H,3-4,7H2,1H3,(H,15,19)(H,16,17,20)/t11-/m0/s1. The normalized spacial score (nSPS) is 11.9. The monoisotopic (exact) mass is 339 g/mol. The van der Waals surface area contributed by atoms with Crippen LogP contribution >= 0.6 is 11.3 Å². The van der Waals surface area contributed by atoms with E-state index in [2.05, 4.69) is 15.8 Å². The molecule has 9 heteroatoms. The lowest BCUT2D eigenvalue weighted by molar-refractivity contribution is -0.136. The van der Waals surface area contributed by atoms with Crippen LogP contribution in [0.2, 0.25) is 0 Å². The Morgan fingerprint density at radius 1 is 1.48 bits per heavy atom. The Bertz CT molecular complexity index is 641. The van der Waals surface area contributed by atoms with Crippen LogP contribution in [0.4, 0.5) is 5.82 Å². The van der Waals surface area contributed by atoms with Gasteiger partial charge < -0.3 is 19.7 Å². The highest BCUT2D eigenvalue weighted by Gasteiger charge is 2.19. The number of nitrogens with one attached hydrogen (secondary N) is 2. The van der Waals surface area contributed by atoms with Gasteiger partial charge in [-0.3, -0.25) is 14.9 Å². The first-order valence-electron chi connectivity index (χ1n) is 6.87. The molecule has 1 atom stereocenters. The Morgan fingerprint density at radius 3 is 2.91 bits per heavy atom. The molecule has 8 nitrogen and oxygen atoms in total. The predicted molar refractivity (Wildman–Crippen MR) is 83.0 cm³/mol. The van der Waals surface area contributed by atoms with Crippen molar-refractivity contribution in [3.8, 4) is 0 Å². The zero-order valence-electron chi connectivity index (χ0n) is 12.4. The van der Waals surface area contributed by atoms with E-state index in [1.165, 1.54) is 17.4 Å². The quantitative estimate of drug-likeness (QED) is 0.645. The molecule has 2 aromatic heterocycles. The number of aliphatic hydroxyl groups is 1. The molecule has 0 radical (unpaired) electrons. The molecule has 2 amide bonds. The number of thiophene rings is 1. The fraction of sp³-hybridized carbons (Fsp3) is 0.357. The fourth-order valence-corrected chi connectivity index (χ4v) is 2.49. The SMILES string of the molecule is Cc1cc(NC(=O)C(=O)NC[C@H](OCCO)c2ccsc2)no1. The van der Waals surface area contributed by atoms with Crippen molar-refractivity contribution in [2.45, 2.75) is 13.0 Å². The summed E-state index contributed by atoms with van der Waals surface area (Å²) in [5.41, 5.74) is 0.872. The number of hydrogen-bond donors (Lipinski definition) is 3. The van der Waals surface area contributed by atoms with Gasteiger partial charge in [0.1, 0.15) is 11.9 Å². The van der Waals surface area contributed by atoms with E-state index in [-0.39, 0.29) is 25.6 Å². The summed E-state index contributed by atoms with van der Waals surface area (Å²) in [6.45, 7) is 1.80. The van der Waals surface area contributed by atoms with Crippen LogP contribution in [0.3, 0.4) is 0 Å². The number of carbonyl (C=O) groups is 2. The smallest absolute Gasteiger partial charge is 0.314 e. The first kappa shape index (κ1) is 17.1. The lowest BCUT2D eigenvalue weighted by Crippen LogP contribution is -2.38. The molecule has 0 fully saturated rings. The molecular formula is C14H17N3O5S. The second kappa shape index (κ2) is 8.42. The maximum absolute atomic E-state index is 11.8. The Balaban J connectivity index is 1.86. The number of nitrogens with zero attached hydrogens (tertiary/aromatic N) is 1. The largest absolute Gasteiger partial charge is 0.394 e. The van der Waals surface area contributed by atoms with E-state index >= 15 is 0 Å². The number of aliphatic hydroxyl groups excluding tert-OH is 1. The molecule has 0 spiro atoms.